The van der Waals surface area contributed by atoms with Crippen molar-refractivity contribution < 1.29 is 57.8 Å². The standard InChI is InChI=1S/C17H12F6N4.C17H11F5N4O.C4H7BO/c1-27-14(6-15(26-27)17(21,22)23)9-2-3-16(24-7-9)25-8-11-12(19)4-10(18)5-13(11)20;1-26-13(7-14(25-26)17(20,21)22)9-2-5-15(23-8-9)24-16(27)11-4-3-10(18)6-12(11)19;5-4-2-1-3-6-4/h2-7H,8H2,1H3,(H,24,25);2-8H,1H3,(H,23,24,27);4H,1-3H2. The number of carbonyl (C=O) groups excluding carboxylic acids is 1. The van der Waals surface area contributed by atoms with E-state index in [2.05, 4.69) is 30.8 Å². The Morgan fingerprint density at radius 3 is 1.65 bits per heavy atom. The van der Waals surface area contributed by atoms with Gasteiger partial charge in [0.2, 0.25) is 0 Å². The van der Waals surface area contributed by atoms with Gasteiger partial charge in [-0.2, -0.15) is 36.5 Å². The summed E-state index contributed by atoms with van der Waals surface area (Å²) >= 11 is 0. The zero-order valence-corrected chi connectivity index (χ0v) is 31.1. The lowest BCUT2D eigenvalue weighted by atomic mass is 9.98. The van der Waals surface area contributed by atoms with Gasteiger partial charge in [-0.05, 0) is 61.4 Å². The average Bonchev–Trinajstić information content (AvgIpc) is 3.92. The SMILES string of the molecule is Cn1nc(C(F)(F)F)cc1-c1ccc(NC(=O)c2ccc(F)cc2F)nc1.Cn1nc(C(F)(F)F)cc1-c1ccc(NCc2c(F)cc(F)cc2F)nc1.[B]C1CCCO1. The van der Waals surface area contributed by atoms with Crippen molar-refractivity contribution in [1.82, 2.24) is 29.5 Å². The molecule has 2 N–H and O–H groups in total. The smallest absolute Gasteiger partial charge is 0.388 e. The summed E-state index contributed by atoms with van der Waals surface area (Å²) in [5.74, 6) is -5.50. The zero-order valence-electron chi connectivity index (χ0n) is 31.1. The van der Waals surface area contributed by atoms with Crippen LogP contribution in [-0.2, 0) is 37.7 Å². The number of alkyl halides is 6. The second-order valence-corrected chi connectivity index (χ2v) is 12.8. The molecular formula is C38H30BF11N8O2. The topological polar surface area (TPSA) is 112 Å². The highest BCUT2D eigenvalue weighted by molar-refractivity contribution is 6.11. The molecule has 1 aliphatic heterocycles. The van der Waals surface area contributed by atoms with Gasteiger partial charge in [0, 0.05) is 80.5 Å². The van der Waals surface area contributed by atoms with Crippen molar-refractivity contribution in [3.05, 3.63) is 131 Å². The summed E-state index contributed by atoms with van der Waals surface area (Å²) in [7, 11) is 8.04. The molecular weight excluding hydrogens is 820 g/mol. The monoisotopic (exact) mass is 850 g/mol. The van der Waals surface area contributed by atoms with Crippen LogP contribution in [0.3, 0.4) is 0 Å². The zero-order chi connectivity index (χ0) is 43.9. The first-order valence-corrected chi connectivity index (χ1v) is 17.4. The van der Waals surface area contributed by atoms with E-state index < -0.39 is 58.7 Å². The van der Waals surface area contributed by atoms with Gasteiger partial charge in [-0.1, -0.05) is 0 Å². The minimum atomic E-state index is -4.57. The summed E-state index contributed by atoms with van der Waals surface area (Å²) in [6, 6.07) is 11.2. The van der Waals surface area contributed by atoms with Crippen molar-refractivity contribution in [2.45, 2.75) is 37.7 Å². The number of nitrogens with one attached hydrogen (secondary N) is 2. The number of aryl methyl sites for hydroxylation is 2. The number of halogens is 11. The molecule has 1 aliphatic rings. The Kier molecular flexibility index (Phi) is 14.0. The molecule has 5 heterocycles. The predicted octanol–water partition coefficient (Wildman–Crippen LogP) is 8.85. The lowest BCUT2D eigenvalue weighted by Gasteiger charge is -2.09. The number of hydrogen-bond acceptors (Lipinski definition) is 7. The van der Waals surface area contributed by atoms with E-state index in [9.17, 15) is 53.1 Å². The highest BCUT2D eigenvalue weighted by Gasteiger charge is 2.35. The van der Waals surface area contributed by atoms with Crippen LogP contribution in [-0.4, -0.2) is 55.9 Å². The number of pyridine rings is 2. The van der Waals surface area contributed by atoms with Crippen LogP contribution in [0.4, 0.5) is 59.9 Å². The minimum absolute atomic E-state index is 0.0463. The molecule has 1 unspecified atom stereocenters. The largest absolute Gasteiger partial charge is 0.435 e. The van der Waals surface area contributed by atoms with Gasteiger partial charge in [-0.25, -0.2) is 31.9 Å². The first-order chi connectivity index (χ1) is 28.2. The molecule has 1 amide bonds. The Balaban J connectivity index is 0.000000199. The third-order valence-corrected chi connectivity index (χ3v) is 8.39. The molecule has 6 aromatic rings. The van der Waals surface area contributed by atoms with Gasteiger partial charge in [0.25, 0.3) is 5.91 Å². The van der Waals surface area contributed by atoms with Gasteiger partial charge in [0.15, 0.2) is 11.4 Å². The summed E-state index contributed by atoms with van der Waals surface area (Å²) in [6.07, 6.45) is -4.41. The molecule has 2 radical (unpaired) electrons. The molecule has 1 saturated heterocycles. The van der Waals surface area contributed by atoms with E-state index >= 15 is 0 Å². The predicted molar refractivity (Wildman–Crippen MR) is 196 cm³/mol. The van der Waals surface area contributed by atoms with Gasteiger partial charge in [0.05, 0.1) is 17.0 Å². The Labute approximate surface area is 334 Å². The summed E-state index contributed by atoms with van der Waals surface area (Å²) < 4.78 is 150. The number of ether oxygens (including phenoxy) is 1. The highest BCUT2D eigenvalue weighted by Crippen LogP contribution is 2.33. The molecule has 1 atom stereocenters. The van der Waals surface area contributed by atoms with E-state index in [1.165, 1.54) is 50.8 Å². The van der Waals surface area contributed by atoms with Gasteiger partial charge >= 0.3 is 12.4 Å². The number of rotatable bonds is 7. The van der Waals surface area contributed by atoms with Crippen LogP contribution >= 0.6 is 0 Å². The van der Waals surface area contributed by atoms with E-state index in [1.54, 1.807) is 0 Å². The Hall–Kier alpha value is -6.32. The third kappa shape index (κ3) is 11.7. The fourth-order valence-corrected chi connectivity index (χ4v) is 5.40. The Morgan fingerprint density at radius 1 is 0.733 bits per heavy atom. The van der Waals surface area contributed by atoms with Crippen molar-refractivity contribution in [3.8, 4) is 22.5 Å². The number of benzene rings is 2. The Bertz CT molecular complexity index is 2390. The quantitative estimate of drug-likeness (QED) is 0.122. The van der Waals surface area contributed by atoms with E-state index in [-0.39, 0.29) is 46.7 Å². The Morgan fingerprint density at radius 2 is 1.25 bits per heavy atom. The lowest BCUT2D eigenvalue weighted by molar-refractivity contribution is -0.142. The number of carbonyl (C=O) groups is 1. The number of anilines is 2. The molecule has 22 heteroatoms. The normalized spacial score (nSPS) is 13.8. The van der Waals surface area contributed by atoms with Crippen LogP contribution in [0.15, 0.2) is 79.1 Å². The molecule has 0 bridgehead atoms. The van der Waals surface area contributed by atoms with Crippen molar-refractivity contribution in [1.29, 1.82) is 0 Å². The van der Waals surface area contributed by atoms with Gasteiger partial charge in [0.1, 0.15) is 48.6 Å². The summed E-state index contributed by atoms with van der Waals surface area (Å²) in [6.45, 7) is 0.579. The molecule has 10 nitrogen and oxygen atoms in total. The molecule has 60 heavy (non-hydrogen) atoms. The molecule has 0 saturated carbocycles. The van der Waals surface area contributed by atoms with Crippen molar-refractivity contribution in [2.75, 3.05) is 17.2 Å². The van der Waals surface area contributed by atoms with E-state index in [0.717, 1.165) is 53.1 Å². The molecule has 0 aliphatic carbocycles. The van der Waals surface area contributed by atoms with Gasteiger partial charge in [-0.3, -0.25) is 14.2 Å². The lowest BCUT2D eigenvalue weighted by Crippen LogP contribution is -2.14. The molecule has 2 aromatic carbocycles. The number of hydrogen-bond donors (Lipinski definition) is 2. The first-order valence-electron chi connectivity index (χ1n) is 17.4. The van der Waals surface area contributed by atoms with Gasteiger partial charge < -0.3 is 15.4 Å². The maximum absolute atomic E-state index is 13.6. The van der Waals surface area contributed by atoms with Crippen molar-refractivity contribution >= 4 is 25.4 Å². The minimum Gasteiger partial charge on any atom is -0.388 e. The number of nitrogens with zero attached hydrogens (tertiary/aromatic N) is 6. The summed E-state index contributed by atoms with van der Waals surface area (Å²) in [4.78, 5) is 20.0. The third-order valence-electron chi connectivity index (χ3n) is 8.39. The van der Waals surface area contributed by atoms with Crippen LogP contribution in [0, 0.1) is 29.1 Å². The fourth-order valence-electron chi connectivity index (χ4n) is 5.40. The van der Waals surface area contributed by atoms with Crippen molar-refractivity contribution in [2.24, 2.45) is 14.1 Å². The van der Waals surface area contributed by atoms with E-state index in [1.807, 2.05) is 0 Å². The second kappa shape index (κ2) is 18.7. The summed E-state index contributed by atoms with van der Waals surface area (Å²) in [5.41, 5.74) is -1.69. The van der Waals surface area contributed by atoms with Crippen LogP contribution in [0.25, 0.3) is 22.5 Å². The van der Waals surface area contributed by atoms with E-state index in [4.69, 9.17) is 12.6 Å². The highest BCUT2D eigenvalue weighted by atomic mass is 19.4. The number of aromatic nitrogens is 6. The maximum atomic E-state index is 13.6. The molecule has 314 valence electrons. The number of amides is 1. The molecule has 0 spiro atoms. The van der Waals surface area contributed by atoms with Crippen molar-refractivity contribution in [3.63, 3.8) is 0 Å². The molecule has 1 fully saturated rings. The maximum Gasteiger partial charge on any atom is 0.435 e. The van der Waals surface area contributed by atoms with Crippen LogP contribution in [0.1, 0.15) is 40.2 Å². The fraction of sp³-hybridized carbons (Fsp3) is 0.237. The second-order valence-electron chi connectivity index (χ2n) is 12.8. The average molecular weight is 851 g/mol. The first kappa shape index (κ1) is 44.8. The van der Waals surface area contributed by atoms with E-state index in [0.29, 0.717) is 29.3 Å². The molecule has 7 rings (SSSR count). The van der Waals surface area contributed by atoms with Gasteiger partial charge in [-0.15, -0.1) is 0 Å². The van der Waals surface area contributed by atoms with Crippen LogP contribution < -0.4 is 10.6 Å². The summed E-state index contributed by atoms with van der Waals surface area (Å²) in [5, 5.41) is 11.8. The van der Waals surface area contributed by atoms with Crippen LogP contribution in [0.5, 0.6) is 0 Å². The van der Waals surface area contributed by atoms with Crippen LogP contribution in [0.2, 0.25) is 0 Å². The molecule has 4 aromatic heterocycles.